The van der Waals surface area contributed by atoms with Crippen LogP contribution in [0, 0.1) is 0 Å². The highest BCUT2D eigenvalue weighted by Crippen LogP contribution is 2.33. The van der Waals surface area contributed by atoms with Crippen molar-refractivity contribution in [2.45, 2.75) is 64.3 Å². The van der Waals surface area contributed by atoms with Crippen molar-refractivity contribution in [2.75, 3.05) is 45.6 Å². The molecule has 1 saturated heterocycles. The first-order valence-corrected chi connectivity index (χ1v) is 10.6. The summed E-state index contributed by atoms with van der Waals surface area (Å²) in [6, 6.07) is 1.13. The lowest BCUT2D eigenvalue weighted by molar-refractivity contribution is 0.0794. The maximum atomic E-state index is 5.52. The molecular formula is C18H39IN4OS. The molecule has 1 rings (SSSR count). The molecule has 1 aliphatic heterocycles. The number of halogens is 1. The van der Waals surface area contributed by atoms with E-state index >= 15 is 0 Å². The monoisotopic (exact) mass is 486 g/mol. The third kappa shape index (κ3) is 9.15. The lowest BCUT2D eigenvalue weighted by Crippen LogP contribution is -2.46. The van der Waals surface area contributed by atoms with Crippen molar-refractivity contribution in [3.05, 3.63) is 0 Å². The van der Waals surface area contributed by atoms with E-state index in [0.29, 0.717) is 12.1 Å². The second kappa shape index (κ2) is 13.4. The smallest absolute Gasteiger partial charge is 0.191 e. The van der Waals surface area contributed by atoms with Gasteiger partial charge in [0.1, 0.15) is 0 Å². The maximum Gasteiger partial charge on any atom is 0.191 e. The van der Waals surface area contributed by atoms with E-state index in [2.05, 4.69) is 56.4 Å². The molecule has 0 aromatic heterocycles. The molecule has 0 atom stereocenters. The molecule has 0 radical (unpaired) electrons. The summed E-state index contributed by atoms with van der Waals surface area (Å²) in [7, 11) is 0. The molecule has 5 nitrogen and oxygen atoms in total. The van der Waals surface area contributed by atoms with Crippen LogP contribution in [0.4, 0.5) is 0 Å². The van der Waals surface area contributed by atoms with Gasteiger partial charge in [-0.3, -0.25) is 9.89 Å². The van der Waals surface area contributed by atoms with Gasteiger partial charge >= 0.3 is 0 Å². The molecule has 0 amide bonds. The Morgan fingerprint density at radius 2 is 1.76 bits per heavy atom. The van der Waals surface area contributed by atoms with Crippen LogP contribution in [0.2, 0.25) is 0 Å². The van der Waals surface area contributed by atoms with Gasteiger partial charge in [0.25, 0.3) is 0 Å². The highest BCUT2D eigenvalue weighted by Gasteiger charge is 2.31. The number of nitrogens with one attached hydrogen (secondary N) is 2. The van der Waals surface area contributed by atoms with Crippen LogP contribution in [0.1, 0.15) is 47.5 Å². The summed E-state index contributed by atoms with van der Waals surface area (Å²) >= 11 is 1.94. The van der Waals surface area contributed by atoms with Crippen molar-refractivity contribution < 1.29 is 4.74 Å². The summed E-state index contributed by atoms with van der Waals surface area (Å²) in [5.74, 6) is 0.935. The largest absolute Gasteiger partial charge is 0.381 e. The number of aliphatic imine (C=N–C) groups is 1. The van der Waals surface area contributed by atoms with E-state index in [9.17, 15) is 0 Å². The fourth-order valence-corrected chi connectivity index (χ4v) is 3.92. The number of thioether (sulfide) groups is 1. The minimum Gasteiger partial charge on any atom is -0.381 e. The third-order valence-corrected chi connectivity index (χ3v) is 6.10. The van der Waals surface area contributed by atoms with E-state index in [1.165, 1.54) is 0 Å². The van der Waals surface area contributed by atoms with Gasteiger partial charge in [-0.1, -0.05) is 0 Å². The van der Waals surface area contributed by atoms with Crippen molar-refractivity contribution in [1.82, 2.24) is 15.5 Å². The fraction of sp³-hybridized carbons (Fsp3) is 0.944. The Hall–Kier alpha value is 0.270. The molecule has 1 aliphatic rings. The van der Waals surface area contributed by atoms with Crippen LogP contribution in [0.25, 0.3) is 0 Å². The van der Waals surface area contributed by atoms with Crippen molar-refractivity contribution in [1.29, 1.82) is 0 Å². The summed E-state index contributed by atoms with van der Waals surface area (Å²) in [4.78, 5) is 7.36. The quantitative estimate of drug-likeness (QED) is 0.298. The van der Waals surface area contributed by atoms with Crippen molar-refractivity contribution in [2.24, 2.45) is 4.99 Å². The minimum atomic E-state index is 0. The summed E-state index contributed by atoms with van der Waals surface area (Å²) < 4.78 is 5.76. The molecule has 0 spiro atoms. The molecule has 0 aliphatic carbocycles. The van der Waals surface area contributed by atoms with Crippen LogP contribution in [0.3, 0.4) is 0 Å². The zero-order valence-electron chi connectivity index (χ0n) is 16.9. The fourth-order valence-electron chi connectivity index (χ4n) is 3.15. The van der Waals surface area contributed by atoms with Gasteiger partial charge in [0.05, 0.1) is 6.54 Å². The predicted octanol–water partition coefficient (Wildman–Crippen LogP) is 3.19. The molecule has 2 N–H and O–H groups in total. The van der Waals surface area contributed by atoms with Crippen molar-refractivity contribution in [3.63, 3.8) is 0 Å². The number of rotatable bonds is 9. The second-order valence-electron chi connectivity index (χ2n) is 7.05. The molecule has 0 saturated carbocycles. The van der Waals surface area contributed by atoms with Gasteiger partial charge in [-0.05, 0) is 53.7 Å². The molecule has 25 heavy (non-hydrogen) atoms. The van der Waals surface area contributed by atoms with E-state index in [-0.39, 0.29) is 28.7 Å². The zero-order chi connectivity index (χ0) is 18.0. The molecule has 1 heterocycles. The average Bonchev–Trinajstić information content (AvgIpc) is 2.56. The van der Waals surface area contributed by atoms with Crippen molar-refractivity contribution >= 4 is 41.7 Å². The highest BCUT2D eigenvalue weighted by atomic mass is 127. The van der Waals surface area contributed by atoms with Gasteiger partial charge in [-0.15, -0.1) is 24.0 Å². The van der Waals surface area contributed by atoms with E-state index in [1.54, 1.807) is 0 Å². The first-order valence-electron chi connectivity index (χ1n) is 9.35. The van der Waals surface area contributed by atoms with Crippen LogP contribution in [-0.4, -0.2) is 73.3 Å². The van der Waals surface area contributed by atoms with E-state index in [0.717, 1.165) is 58.2 Å². The molecule has 7 heteroatoms. The number of nitrogens with zero attached hydrogens (tertiary/aromatic N) is 2. The van der Waals surface area contributed by atoms with Gasteiger partial charge in [-0.2, -0.15) is 11.8 Å². The Morgan fingerprint density at radius 3 is 2.24 bits per heavy atom. The van der Waals surface area contributed by atoms with Gasteiger partial charge < -0.3 is 15.4 Å². The lowest BCUT2D eigenvalue weighted by Gasteiger charge is -2.34. The summed E-state index contributed by atoms with van der Waals surface area (Å²) in [6.07, 6.45) is 4.38. The van der Waals surface area contributed by atoms with E-state index in [4.69, 9.17) is 9.73 Å². The third-order valence-electron chi connectivity index (χ3n) is 4.70. The Kier molecular flexibility index (Phi) is 13.6. The Bertz CT molecular complexity index is 366. The topological polar surface area (TPSA) is 48.9 Å². The normalized spacial score (nSPS) is 17.7. The predicted molar refractivity (Wildman–Crippen MR) is 123 cm³/mol. The van der Waals surface area contributed by atoms with Crippen molar-refractivity contribution in [3.8, 4) is 0 Å². The van der Waals surface area contributed by atoms with Gasteiger partial charge in [-0.25, -0.2) is 0 Å². The van der Waals surface area contributed by atoms with E-state index in [1.807, 2.05) is 11.8 Å². The van der Waals surface area contributed by atoms with Crippen LogP contribution >= 0.6 is 35.7 Å². The molecule has 1 fully saturated rings. The first kappa shape index (κ1) is 25.3. The number of guanidine groups is 1. The standard InChI is InChI=1S/C18H38N4OS.HI/c1-7-19-17(20-10-11-22(15(2)3)16(4)5)21-14-18(24-6)8-12-23-13-9-18;/h15-16H,7-14H2,1-6H3,(H2,19,20,21);1H. The van der Waals surface area contributed by atoms with Gasteiger partial charge in [0.15, 0.2) is 5.96 Å². The van der Waals surface area contributed by atoms with E-state index < -0.39 is 0 Å². The maximum absolute atomic E-state index is 5.52. The van der Waals surface area contributed by atoms with Crippen LogP contribution in [0.15, 0.2) is 4.99 Å². The Balaban J connectivity index is 0.00000576. The molecule has 0 unspecified atom stereocenters. The molecular weight excluding hydrogens is 447 g/mol. The Labute approximate surface area is 176 Å². The van der Waals surface area contributed by atoms with Crippen LogP contribution in [0.5, 0.6) is 0 Å². The minimum absolute atomic E-state index is 0. The number of hydrogen-bond acceptors (Lipinski definition) is 4. The second-order valence-corrected chi connectivity index (χ2v) is 8.32. The summed E-state index contributed by atoms with van der Waals surface area (Å²) in [5.41, 5.74) is 0. The van der Waals surface area contributed by atoms with Gasteiger partial charge in [0, 0.05) is 49.7 Å². The molecule has 0 bridgehead atoms. The zero-order valence-corrected chi connectivity index (χ0v) is 20.1. The molecule has 150 valence electrons. The lowest BCUT2D eigenvalue weighted by atomic mass is 9.99. The SMILES string of the molecule is CCNC(=NCC1(SC)CCOCC1)NCCN(C(C)C)C(C)C.I. The number of hydrogen-bond donors (Lipinski definition) is 2. The average molecular weight is 487 g/mol. The Morgan fingerprint density at radius 1 is 1.16 bits per heavy atom. The molecule has 0 aromatic carbocycles. The van der Waals surface area contributed by atoms with Crippen LogP contribution < -0.4 is 10.6 Å². The van der Waals surface area contributed by atoms with Crippen LogP contribution in [-0.2, 0) is 4.74 Å². The first-order chi connectivity index (χ1) is 11.4. The summed E-state index contributed by atoms with van der Waals surface area (Å²) in [5, 5.41) is 6.87. The van der Waals surface area contributed by atoms with Gasteiger partial charge in [0.2, 0.25) is 0 Å². The highest BCUT2D eigenvalue weighted by molar-refractivity contribution is 14.0. The molecule has 0 aromatic rings. The summed E-state index contributed by atoms with van der Waals surface area (Å²) in [6.45, 7) is 16.5. The number of ether oxygens (including phenoxy) is 1.